The Bertz CT molecular complexity index is 1540. The highest BCUT2D eigenvalue weighted by atomic mass is 31.2. The van der Waals surface area contributed by atoms with E-state index in [1.54, 1.807) is 0 Å². The second-order valence-electron chi connectivity index (χ2n) is 18.8. The van der Waals surface area contributed by atoms with E-state index in [0.29, 0.717) is 6.42 Å². The number of carbonyl (C=O) groups excluding carboxylic acids is 2. The highest BCUT2D eigenvalue weighted by Crippen LogP contribution is 2.43. The first-order chi connectivity index (χ1) is 35.3. The molecule has 3 N–H and O–H groups in total. The van der Waals surface area contributed by atoms with Crippen LogP contribution >= 0.6 is 7.82 Å². The maximum Gasteiger partial charge on any atom is 0.472 e. The third-order valence-electron chi connectivity index (χ3n) is 11.9. The van der Waals surface area contributed by atoms with Crippen molar-refractivity contribution in [3.05, 3.63) is 109 Å². The van der Waals surface area contributed by atoms with Crippen LogP contribution in [0.3, 0.4) is 0 Å². The van der Waals surface area contributed by atoms with Gasteiger partial charge in [-0.25, -0.2) is 4.57 Å². The second kappa shape index (κ2) is 57.0. The van der Waals surface area contributed by atoms with E-state index in [4.69, 9.17) is 24.3 Å². The van der Waals surface area contributed by atoms with Gasteiger partial charge in [-0.3, -0.25) is 18.6 Å². The summed E-state index contributed by atoms with van der Waals surface area (Å²) in [6.07, 6.45) is 77.2. The summed E-state index contributed by atoms with van der Waals surface area (Å²) < 4.78 is 32.9. The monoisotopic (exact) mass is 1020 g/mol. The first-order valence-corrected chi connectivity index (χ1v) is 30.4. The van der Waals surface area contributed by atoms with Crippen molar-refractivity contribution < 1.29 is 37.6 Å². The van der Waals surface area contributed by atoms with Gasteiger partial charge in [0.2, 0.25) is 0 Å². The first-order valence-electron chi connectivity index (χ1n) is 28.9. The zero-order chi connectivity index (χ0) is 52.4. The number of hydrogen-bond donors (Lipinski definition) is 2. The number of esters is 2. The van der Waals surface area contributed by atoms with Crippen molar-refractivity contribution in [3.63, 3.8) is 0 Å². The van der Waals surface area contributed by atoms with Crippen LogP contribution < -0.4 is 5.73 Å². The summed E-state index contributed by atoms with van der Waals surface area (Å²) in [5.41, 5.74) is 5.37. The van der Waals surface area contributed by atoms with E-state index >= 15 is 0 Å². The Hall–Kier alpha value is -3.33. The number of nitrogens with two attached hydrogens (primary N) is 1. The van der Waals surface area contributed by atoms with Crippen LogP contribution in [0.25, 0.3) is 0 Å². The van der Waals surface area contributed by atoms with Crippen LogP contribution in [0.5, 0.6) is 0 Å². The highest BCUT2D eigenvalue weighted by Gasteiger charge is 2.26. The minimum absolute atomic E-state index is 0.0501. The number of phosphoric acid groups is 1. The van der Waals surface area contributed by atoms with Gasteiger partial charge in [0.15, 0.2) is 6.10 Å². The number of unbranched alkanes of at least 4 members (excludes halogenated alkanes) is 22. The van der Waals surface area contributed by atoms with Gasteiger partial charge in [0.1, 0.15) is 6.61 Å². The van der Waals surface area contributed by atoms with Crippen molar-refractivity contribution in [1.29, 1.82) is 0 Å². The molecule has 0 heterocycles. The van der Waals surface area contributed by atoms with Gasteiger partial charge in [-0.2, -0.15) is 0 Å². The van der Waals surface area contributed by atoms with E-state index in [-0.39, 0.29) is 38.6 Å². The molecule has 0 aliphatic carbocycles. The zero-order valence-corrected chi connectivity index (χ0v) is 46.8. The topological polar surface area (TPSA) is 134 Å². The standard InChI is InChI=1S/C62H106NO8P/c1-3-5-7-9-11-13-15-17-18-19-20-21-22-23-24-25-26-27-28-29-30-31-32-33-34-35-36-37-38-39-40-41-42-43-45-47-49-51-53-55-62(65)71-60(59-70-72(66,67)69-57-56-63)58-68-61(64)54-52-50-48-46-44-16-14-12-10-8-6-4-2/h5,7,11,13,17-18,20-21,23-24,26-27,29-30,32-33,35-36,60H,3-4,6,8-10,12,14-16,19,22,25,28,31,34,37-59,63H2,1-2H3,(H,66,67)/b7-5-,13-11-,18-17-,21-20-,24-23-,27-26-,30-29-,33-32-,36-35-. The molecule has 0 bridgehead atoms. The molecule has 0 aromatic carbocycles. The van der Waals surface area contributed by atoms with Crippen molar-refractivity contribution in [3.8, 4) is 0 Å². The molecule has 72 heavy (non-hydrogen) atoms. The van der Waals surface area contributed by atoms with Crippen molar-refractivity contribution >= 4 is 19.8 Å². The quantitative estimate of drug-likeness (QED) is 0.0264. The van der Waals surface area contributed by atoms with Gasteiger partial charge in [0.25, 0.3) is 0 Å². The van der Waals surface area contributed by atoms with E-state index in [1.165, 1.54) is 103 Å². The average molecular weight is 1020 g/mol. The largest absolute Gasteiger partial charge is 0.472 e. The summed E-state index contributed by atoms with van der Waals surface area (Å²) in [6, 6.07) is 0. The third-order valence-corrected chi connectivity index (χ3v) is 12.9. The second-order valence-corrected chi connectivity index (χ2v) is 20.2. The molecule has 412 valence electrons. The maximum absolute atomic E-state index is 12.7. The number of allylic oxidation sites excluding steroid dienone is 18. The van der Waals surface area contributed by atoms with Crippen LogP contribution in [0, 0.1) is 0 Å². The number of hydrogen-bond acceptors (Lipinski definition) is 8. The van der Waals surface area contributed by atoms with Gasteiger partial charge in [0.05, 0.1) is 13.2 Å². The summed E-state index contributed by atoms with van der Waals surface area (Å²) in [5.74, 6) is -0.832. The molecule has 2 unspecified atom stereocenters. The van der Waals surface area contributed by atoms with E-state index in [0.717, 1.165) is 103 Å². The van der Waals surface area contributed by atoms with Crippen LogP contribution in [0.2, 0.25) is 0 Å². The van der Waals surface area contributed by atoms with Crippen LogP contribution in [0.15, 0.2) is 109 Å². The lowest BCUT2D eigenvalue weighted by atomic mass is 10.0. The van der Waals surface area contributed by atoms with Gasteiger partial charge in [0, 0.05) is 19.4 Å². The van der Waals surface area contributed by atoms with Crippen molar-refractivity contribution in [2.24, 2.45) is 5.73 Å². The van der Waals surface area contributed by atoms with Gasteiger partial charge >= 0.3 is 19.8 Å². The summed E-state index contributed by atoms with van der Waals surface area (Å²) in [6.45, 7) is 3.62. The fraction of sp³-hybridized carbons (Fsp3) is 0.677. The van der Waals surface area contributed by atoms with E-state index in [9.17, 15) is 19.0 Å². The minimum atomic E-state index is -4.39. The maximum atomic E-state index is 12.7. The molecule has 10 heteroatoms. The van der Waals surface area contributed by atoms with Gasteiger partial charge in [-0.05, 0) is 83.5 Å². The fourth-order valence-corrected chi connectivity index (χ4v) is 8.45. The fourth-order valence-electron chi connectivity index (χ4n) is 7.69. The number of rotatable bonds is 53. The van der Waals surface area contributed by atoms with Crippen LogP contribution in [0.4, 0.5) is 0 Å². The van der Waals surface area contributed by atoms with E-state index in [2.05, 4.69) is 123 Å². The Morgan fingerprint density at radius 1 is 0.431 bits per heavy atom. The Kier molecular flexibility index (Phi) is 54.3. The van der Waals surface area contributed by atoms with E-state index < -0.39 is 26.5 Å². The molecule has 0 aliphatic rings. The predicted molar refractivity (Wildman–Crippen MR) is 307 cm³/mol. The van der Waals surface area contributed by atoms with Crippen LogP contribution in [-0.2, 0) is 32.7 Å². The molecular weight excluding hydrogens is 918 g/mol. The van der Waals surface area contributed by atoms with Crippen LogP contribution in [0.1, 0.15) is 239 Å². The molecule has 0 spiro atoms. The Labute approximate surface area is 441 Å². The molecule has 0 saturated carbocycles. The minimum Gasteiger partial charge on any atom is -0.462 e. The predicted octanol–water partition coefficient (Wildman–Crippen LogP) is 18.2. The SMILES string of the molecule is CC/C=C\C/C=C\C/C=C\C/C=C\C/C=C\C/C=C\C/C=C\C/C=C\C/C=C\CCCCCCCCCCCCCC(=O)OC(COC(=O)CCCCCCCCCCCCCC)COP(=O)(O)OCCN. The lowest BCUT2D eigenvalue weighted by Gasteiger charge is -2.19. The molecule has 0 rings (SSSR count). The number of carbonyl (C=O) groups is 2. The molecule has 0 saturated heterocycles. The van der Waals surface area contributed by atoms with Gasteiger partial charge in [-0.15, -0.1) is 0 Å². The molecule has 0 aliphatic heterocycles. The van der Waals surface area contributed by atoms with Gasteiger partial charge in [-0.1, -0.05) is 252 Å². The lowest BCUT2D eigenvalue weighted by Crippen LogP contribution is -2.29. The molecular formula is C62H106NO8P. The van der Waals surface area contributed by atoms with Crippen molar-refractivity contribution in [2.75, 3.05) is 26.4 Å². The lowest BCUT2D eigenvalue weighted by molar-refractivity contribution is -0.161. The summed E-state index contributed by atoms with van der Waals surface area (Å²) in [7, 11) is -4.39. The Morgan fingerprint density at radius 3 is 1.14 bits per heavy atom. The highest BCUT2D eigenvalue weighted by molar-refractivity contribution is 7.47. The number of ether oxygens (including phenoxy) is 2. The summed E-state index contributed by atoms with van der Waals surface area (Å²) in [4.78, 5) is 35.0. The number of phosphoric ester groups is 1. The molecule has 2 atom stereocenters. The van der Waals surface area contributed by atoms with Gasteiger partial charge < -0.3 is 20.1 Å². The molecule has 9 nitrogen and oxygen atoms in total. The molecule has 0 radical (unpaired) electrons. The molecule has 0 aromatic rings. The third kappa shape index (κ3) is 56.0. The summed E-state index contributed by atoms with van der Waals surface area (Å²) in [5, 5.41) is 0. The van der Waals surface area contributed by atoms with Crippen LogP contribution in [-0.4, -0.2) is 49.3 Å². The first kappa shape index (κ1) is 68.7. The van der Waals surface area contributed by atoms with Crippen molar-refractivity contribution in [1.82, 2.24) is 0 Å². The molecule has 0 fully saturated rings. The average Bonchev–Trinajstić information content (AvgIpc) is 3.37. The normalized spacial score (nSPS) is 13.9. The zero-order valence-electron chi connectivity index (χ0n) is 45.9. The van der Waals surface area contributed by atoms with E-state index in [1.807, 2.05) is 0 Å². The smallest absolute Gasteiger partial charge is 0.462 e. The Morgan fingerprint density at radius 2 is 0.764 bits per heavy atom. The molecule has 0 aromatic heterocycles. The molecule has 0 amide bonds. The van der Waals surface area contributed by atoms with Crippen molar-refractivity contribution in [2.45, 2.75) is 245 Å². The Balaban J connectivity index is 3.92. The summed E-state index contributed by atoms with van der Waals surface area (Å²) >= 11 is 0.